The van der Waals surface area contributed by atoms with Crippen molar-refractivity contribution in [3.8, 4) is 11.5 Å². The number of benzene rings is 1. The summed E-state index contributed by atoms with van der Waals surface area (Å²) in [5, 5.41) is 6.22. The molecule has 1 amide bonds. The van der Waals surface area contributed by atoms with Crippen LogP contribution in [-0.2, 0) is 4.79 Å². The van der Waals surface area contributed by atoms with E-state index >= 15 is 0 Å². The molecule has 1 aliphatic carbocycles. The number of rotatable bonds is 4. The van der Waals surface area contributed by atoms with E-state index in [9.17, 15) is 4.79 Å². The highest BCUT2D eigenvalue weighted by Gasteiger charge is 2.21. The van der Waals surface area contributed by atoms with Gasteiger partial charge in [0.15, 0.2) is 11.5 Å². The molecule has 6 nitrogen and oxygen atoms in total. The van der Waals surface area contributed by atoms with Crippen molar-refractivity contribution >= 4 is 23.1 Å². The topological polar surface area (TPSA) is 72.5 Å². The molecule has 26 heavy (non-hydrogen) atoms. The van der Waals surface area contributed by atoms with Gasteiger partial charge in [-0.15, -0.1) is 0 Å². The molecule has 0 spiro atoms. The van der Waals surface area contributed by atoms with Crippen LogP contribution >= 0.6 is 0 Å². The second-order valence-electron chi connectivity index (χ2n) is 6.74. The van der Waals surface area contributed by atoms with Crippen LogP contribution < -0.4 is 20.1 Å². The maximum Gasteiger partial charge on any atom is 0.228 e. The van der Waals surface area contributed by atoms with E-state index in [2.05, 4.69) is 15.6 Å². The number of carbonyl (C=O) groups is 1. The van der Waals surface area contributed by atoms with E-state index in [1.165, 1.54) is 6.42 Å². The van der Waals surface area contributed by atoms with Crippen LogP contribution in [0.1, 0.15) is 32.1 Å². The molecule has 2 N–H and O–H groups in total. The highest BCUT2D eigenvalue weighted by Crippen LogP contribution is 2.33. The number of fused-ring (bicyclic) bond motifs is 1. The molecule has 2 aliphatic rings. The van der Waals surface area contributed by atoms with Crippen molar-refractivity contribution in [2.45, 2.75) is 32.1 Å². The Morgan fingerprint density at radius 3 is 2.50 bits per heavy atom. The molecule has 1 aliphatic heterocycles. The molecular weight excluding hydrogens is 330 g/mol. The van der Waals surface area contributed by atoms with Crippen molar-refractivity contribution < 1.29 is 14.3 Å². The quantitative estimate of drug-likeness (QED) is 0.865. The fourth-order valence-electron chi connectivity index (χ4n) is 3.42. The summed E-state index contributed by atoms with van der Waals surface area (Å²) in [6.07, 6.45) is 7.20. The van der Waals surface area contributed by atoms with Gasteiger partial charge in [-0.25, -0.2) is 4.98 Å². The molecule has 1 aromatic carbocycles. The van der Waals surface area contributed by atoms with E-state index in [4.69, 9.17) is 9.47 Å². The molecule has 0 atom stereocenters. The summed E-state index contributed by atoms with van der Waals surface area (Å²) in [5.74, 6) is 2.31. The summed E-state index contributed by atoms with van der Waals surface area (Å²) in [6.45, 7) is 1.14. The van der Waals surface area contributed by atoms with E-state index in [0.717, 1.165) is 48.6 Å². The Bertz CT molecular complexity index is 770. The maximum atomic E-state index is 12.3. The number of carbonyl (C=O) groups excluding carboxylic acids is 1. The summed E-state index contributed by atoms with van der Waals surface area (Å²) in [4.78, 5) is 16.6. The van der Waals surface area contributed by atoms with Crippen LogP contribution in [-0.4, -0.2) is 24.1 Å². The molecule has 0 saturated heterocycles. The highest BCUT2D eigenvalue weighted by atomic mass is 16.6. The van der Waals surface area contributed by atoms with Gasteiger partial charge in [0.25, 0.3) is 0 Å². The van der Waals surface area contributed by atoms with Gasteiger partial charge in [0.2, 0.25) is 5.91 Å². The van der Waals surface area contributed by atoms with Gasteiger partial charge in [-0.1, -0.05) is 19.3 Å². The molecule has 2 heterocycles. The van der Waals surface area contributed by atoms with Gasteiger partial charge in [0.1, 0.15) is 19.0 Å². The molecule has 0 bridgehead atoms. The number of aromatic nitrogens is 1. The Labute approximate surface area is 152 Å². The summed E-state index contributed by atoms with van der Waals surface area (Å²) in [5.41, 5.74) is 1.74. The van der Waals surface area contributed by atoms with Crippen LogP contribution in [0, 0.1) is 5.92 Å². The second kappa shape index (κ2) is 7.64. The maximum absolute atomic E-state index is 12.3. The van der Waals surface area contributed by atoms with E-state index in [-0.39, 0.29) is 11.8 Å². The van der Waals surface area contributed by atoms with Crippen molar-refractivity contribution in [3.63, 3.8) is 0 Å². The predicted molar refractivity (Wildman–Crippen MR) is 100 cm³/mol. The number of amides is 1. The van der Waals surface area contributed by atoms with Crippen molar-refractivity contribution in [1.29, 1.82) is 0 Å². The smallest absolute Gasteiger partial charge is 0.228 e. The summed E-state index contributed by atoms with van der Waals surface area (Å²) in [6, 6.07) is 9.46. The molecule has 1 aromatic heterocycles. The van der Waals surface area contributed by atoms with Crippen molar-refractivity contribution in [2.75, 3.05) is 23.8 Å². The minimum Gasteiger partial charge on any atom is -0.486 e. The fraction of sp³-hybridized carbons (Fsp3) is 0.400. The summed E-state index contributed by atoms with van der Waals surface area (Å²) < 4.78 is 11.1. The van der Waals surface area contributed by atoms with Gasteiger partial charge in [0.05, 0.1) is 11.9 Å². The third-order valence-corrected chi connectivity index (χ3v) is 4.82. The lowest BCUT2D eigenvalue weighted by molar-refractivity contribution is -0.120. The molecule has 0 radical (unpaired) electrons. The van der Waals surface area contributed by atoms with Crippen molar-refractivity contribution in [1.82, 2.24) is 4.98 Å². The second-order valence-corrected chi connectivity index (χ2v) is 6.74. The van der Waals surface area contributed by atoms with Crippen molar-refractivity contribution in [3.05, 3.63) is 36.5 Å². The van der Waals surface area contributed by atoms with Gasteiger partial charge in [0, 0.05) is 17.7 Å². The third kappa shape index (κ3) is 3.90. The first kappa shape index (κ1) is 16.7. The Morgan fingerprint density at radius 2 is 1.73 bits per heavy atom. The Morgan fingerprint density at radius 1 is 0.962 bits per heavy atom. The highest BCUT2D eigenvalue weighted by molar-refractivity contribution is 5.91. The van der Waals surface area contributed by atoms with Crippen LogP contribution in [0.5, 0.6) is 11.5 Å². The number of pyridine rings is 1. The molecular formula is C20H23N3O3. The zero-order valence-corrected chi connectivity index (χ0v) is 14.7. The average molecular weight is 353 g/mol. The molecule has 136 valence electrons. The largest absolute Gasteiger partial charge is 0.486 e. The number of hydrogen-bond donors (Lipinski definition) is 2. The average Bonchev–Trinajstić information content (AvgIpc) is 2.70. The molecule has 2 aromatic rings. The van der Waals surface area contributed by atoms with Crippen molar-refractivity contribution in [2.24, 2.45) is 5.92 Å². The lowest BCUT2D eigenvalue weighted by Gasteiger charge is -2.20. The minimum absolute atomic E-state index is 0.0877. The predicted octanol–water partition coefficient (Wildman–Crippen LogP) is 4.12. The van der Waals surface area contributed by atoms with Crippen LogP contribution in [0.3, 0.4) is 0 Å². The van der Waals surface area contributed by atoms with E-state index < -0.39 is 0 Å². The van der Waals surface area contributed by atoms with E-state index in [1.54, 1.807) is 6.20 Å². The molecule has 1 saturated carbocycles. The fourth-order valence-corrected chi connectivity index (χ4v) is 3.42. The zero-order valence-electron chi connectivity index (χ0n) is 14.7. The Hall–Kier alpha value is -2.76. The SMILES string of the molecule is O=C(Nc1ccc(Nc2ccc3c(c2)OCCO3)cn1)C1CCCCC1. The number of nitrogens with one attached hydrogen (secondary N) is 2. The van der Waals surface area contributed by atoms with Gasteiger partial charge in [-0.2, -0.15) is 0 Å². The normalized spacial score (nSPS) is 16.8. The van der Waals surface area contributed by atoms with E-state index in [0.29, 0.717) is 19.0 Å². The third-order valence-electron chi connectivity index (χ3n) is 4.82. The monoisotopic (exact) mass is 353 g/mol. The van der Waals surface area contributed by atoms with Gasteiger partial charge in [-0.3, -0.25) is 4.79 Å². The first-order valence-corrected chi connectivity index (χ1v) is 9.21. The summed E-state index contributed by atoms with van der Waals surface area (Å²) in [7, 11) is 0. The first-order chi connectivity index (χ1) is 12.8. The van der Waals surface area contributed by atoms with Crippen LogP contribution in [0.4, 0.5) is 17.2 Å². The molecule has 0 unspecified atom stereocenters. The Balaban J connectivity index is 1.37. The molecule has 6 heteroatoms. The number of anilines is 3. The van der Waals surface area contributed by atoms with E-state index in [1.807, 2.05) is 30.3 Å². The van der Waals surface area contributed by atoms with Gasteiger partial charge < -0.3 is 20.1 Å². The van der Waals surface area contributed by atoms with Crippen LogP contribution in [0.25, 0.3) is 0 Å². The van der Waals surface area contributed by atoms with Crippen LogP contribution in [0.15, 0.2) is 36.5 Å². The Kier molecular flexibility index (Phi) is 4.91. The molecule has 4 rings (SSSR count). The first-order valence-electron chi connectivity index (χ1n) is 9.21. The minimum atomic E-state index is 0.0877. The van der Waals surface area contributed by atoms with Gasteiger partial charge >= 0.3 is 0 Å². The molecule has 1 fully saturated rings. The number of nitrogens with zero attached hydrogens (tertiary/aromatic N) is 1. The number of hydrogen-bond acceptors (Lipinski definition) is 5. The standard InChI is InChI=1S/C20H23N3O3/c24-20(14-4-2-1-3-5-14)23-19-9-7-16(13-21-19)22-15-6-8-17-18(12-15)26-11-10-25-17/h6-9,12-14,22H,1-5,10-11H2,(H,21,23,24). The van der Waals surface area contributed by atoms with Crippen LogP contribution in [0.2, 0.25) is 0 Å². The lowest BCUT2D eigenvalue weighted by atomic mass is 9.89. The zero-order chi connectivity index (χ0) is 17.8. The lowest BCUT2D eigenvalue weighted by Crippen LogP contribution is -2.25. The van der Waals surface area contributed by atoms with Gasteiger partial charge in [-0.05, 0) is 37.1 Å². The summed E-state index contributed by atoms with van der Waals surface area (Å²) >= 11 is 0. The number of ether oxygens (including phenoxy) is 2.